The van der Waals surface area contributed by atoms with Gasteiger partial charge in [0.2, 0.25) is 0 Å². The van der Waals surface area contributed by atoms with Gasteiger partial charge in [-0.1, -0.05) is 27.7 Å². The van der Waals surface area contributed by atoms with Crippen molar-refractivity contribution in [2.45, 2.75) is 60.1 Å². The summed E-state index contributed by atoms with van der Waals surface area (Å²) in [5.74, 6) is 3.02. The summed E-state index contributed by atoms with van der Waals surface area (Å²) in [6, 6.07) is 2.40. The van der Waals surface area contributed by atoms with Gasteiger partial charge in [-0.15, -0.1) is 0 Å². The maximum absolute atomic E-state index is 5.43. The Labute approximate surface area is 128 Å². The van der Waals surface area contributed by atoms with Crippen LogP contribution in [0.4, 0.5) is 11.6 Å². The summed E-state index contributed by atoms with van der Waals surface area (Å²) in [5.41, 5.74) is 0. The lowest BCUT2D eigenvalue weighted by molar-refractivity contribution is 0.128. The van der Waals surface area contributed by atoms with Crippen LogP contribution in [-0.4, -0.2) is 29.2 Å². The van der Waals surface area contributed by atoms with Crippen molar-refractivity contribution in [1.29, 1.82) is 0 Å². The highest BCUT2D eigenvalue weighted by atomic mass is 16.5. The molecule has 0 amide bonds. The predicted molar refractivity (Wildman–Crippen MR) is 88.7 cm³/mol. The average Bonchev–Trinajstić information content (AvgIpc) is 2.48. The Kier molecular flexibility index (Phi) is 8.05. The third kappa shape index (κ3) is 6.29. The number of hydrogen-bond acceptors (Lipinski definition) is 5. The summed E-state index contributed by atoms with van der Waals surface area (Å²) in [6.07, 6.45) is 2.14. The van der Waals surface area contributed by atoms with Crippen LogP contribution in [0.3, 0.4) is 0 Å². The van der Waals surface area contributed by atoms with Crippen LogP contribution in [0.1, 0.15) is 53.3 Å². The van der Waals surface area contributed by atoms with Crippen LogP contribution in [0.15, 0.2) is 6.07 Å². The van der Waals surface area contributed by atoms with Crippen molar-refractivity contribution in [3.8, 4) is 0 Å². The first kappa shape index (κ1) is 17.7. The van der Waals surface area contributed by atoms with Crippen molar-refractivity contribution in [2.24, 2.45) is 5.92 Å². The van der Waals surface area contributed by atoms with Gasteiger partial charge >= 0.3 is 0 Å². The summed E-state index contributed by atoms with van der Waals surface area (Å²) >= 11 is 0. The molecule has 0 saturated carbocycles. The van der Waals surface area contributed by atoms with Gasteiger partial charge in [0.05, 0.1) is 0 Å². The molecular weight excluding hydrogens is 264 g/mol. The second-order valence-corrected chi connectivity index (χ2v) is 5.52. The normalized spacial score (nSPS) is 12.5. The van der Waals surface area contributed by atoms with Gasteiger partial charge in [-0.3, -0.25) is 0 Å². The number of nitrogens with one attached hydrogen (secondary N) is 2. The molecule has 1 rings (SSSR count). The molecule has 0 aliphatic heterocycles. The highest BCUT2D eigenvalue weighted by molar-refractivity contribution is 5.48. The molecule has 0 aromatic carbocycles. The minimum atomic E-state index is 0.416. The van der Waals surface area contributed by atoms with Gasteiger partial charge in [-0.2, -0.15) is 0 Å². The lowest BCUT2D eigenvalue weighted by Crippen LogP contribution is -2.25. The fourth-order valence-electron chi connectivity index (χ4n) is 2.10. The van der Waals surface area contributed by atoms with Crippen molar-refractivity contribution < 1.29 is 4.74 Å². The number of hydrogen-bond donors (Lipinski definition) is 2. The molecule has 1 aromatic heterocycles. The Morgan fingerprint density at radius 3 is 2.43 bits per heavy atom. The fourth-order valence-corrected chi connectivity index (χ4v) is 2.10. The van der Waals surface area contributed by atoms with E-state index in [0.29, 0.717) is 25.2 Å². The van der Waals surface area contributed by atoms with E-state index in [2.05, 4.69) is 48.3 Å². The molecule has 0 fully saturated rings. The maximum Gasteiger partial charge on any atom is 0.158 e. The fraction of sp³-hybridized carbons (Fsp3) is 0.750. The molecule has 0 bridgehead atoms. The first-order valence-electron chi connectivity index (χ1n) is 8.06. The summed E-state index contributed by atoms with van der Waals surface area (Å²) in [7, 11) is 0. The molecule has 5 nitrogen and oxygen atoms in total. The Morgan fingerprint density at radius 1 is 1.14 bits per heavy atom. The van der Waals surface area contributed by atoms with Gasteiger partial charge in [-0.25, -0.2) is 9.97 Å². The van der Waals surface area contributed by atoms with E-state index in [4.69, 9.17) is 4.74 Å². The van der Waals surface area contributed by atoms with Crippen LogP contribution in [0.25, 0.3) is 0 Å². The highest BCUT2D eigenvalue weighted by Crippen LogP contribution is 2.17. The van der Waals surface area contributed by atoms with Crippen LogP contribution >= 0.6 is 0 Å². The number of aromatic nitrogens is 2. The van der Waals surface area contributed by atoms with E-state index in [0.717, 1.165) is 36.8 Å². The summed E-state index contributed by atoms with van der Waals surface area (Å²) < 4.78 is 5.43. The van der Waals surface area contributed by atoms with Gasteiger partial charge < -0.3 is 15.4 Å². The lowest BCUT2D eigenvalue weighted by atomic mass is 10.0. The van der Waals surface area contributed by atoms with Crippen molar-refractivity contribution >= 4 is 11.6 Å². The molecule has 120 valence electrons. The van der Waals surface area contributed by atoms with E-state index in [9.17, 15) is 0 Å². The zero-order valence-corrected chi connectivity index (χ0v) is 14.1. The molecule has 5 heteroatoms. The van der Waals surface area contributed by atoms with Gasteiger partial charge in [0.15, 0.2) is 5.82 Å². The van der Waals surface area contributed by atoms with Crippen LogP contribution in [-0.2, 0) is 11.3 Å². The third-order valence-corrected chi connectivity index (χ3v) is 3.34. The maximum atomic E-state index is 5.43. The summed E-state index contributed by atoms with van der Waals surface area (Å²) in [6.45, 7) is 12.8. The minimum absolute atomic E-state index is 0.416. The van der Waals surface area contributed by atoms with Crippen molar-refractivity contribution in [2.75, 3.05) is 23.8 Å². The van der Waals surface area contributed by atoms with Gasteiger partial charge in [0.25, 0.3) is 0 Å². The molecule has 1 atom stereocenters. The second kappa shape index (κ2) is 9.55. The topological polar surface area (TPSA) is 59.1 Å². The average molecular weight is 294 g/mol. The molecule has 0 aliphatic rings. The Bertz CT molecular complexity index is 383. The van der Waals surface area contributed by atoms with Gasteiger partial charge in [-0.05, 0) is 25.7 Å². The van der Waals surface area contributed by atoms with Crippen LogP contribution in [0, 0.1) is 5.92 Å². The zero-order valence-electron chi connectivity index (χ0n) is 14.1. The monoisotopic (exact) mass is 294 g/mol. The minimum Gasteiger partial charge on any atom is -0.374 e. The quantitative estimate of drug-likeness (QED) is 0.689. The predicted octanol–water partition coefficient (Wildman–Crippen LogP) is 3.68. The third-order valence-electron chi connectivity index (χ3n) is 3.34. The van der Waals surface area contributed by atoms with Crippen LogP contribution < -0.4 is 10.6 Å². The van der Waals surface area contributed by atoms with Crippen LogP contribution in [0.5, 0.6) is 0 Å². The standard InChI is InChI=1S/C16H30N4O/c1-6-9-17-14-10-15(18-13(7-2)12(4)5)20-16(19-14)11-21-8-3/h10,12-13H,6-9,11H2,1-5H3,(H2,17,18,19,20). The van der Waals surface area contributed by atoms with E-state index in [1.165, 1.54) is 0 Å². The molecule has 0 spiro atoms. The van der Waals surface area contributed by atoms with Crippen LogP contribution in [0.2, 0.25) is 0 Å². The Morgan fingerprint density at radius 2 is 1.86 bits per heavy atom. The molecule has 1 aromatic rings. The van der Waals surface area contributed by atoms with E-state index < -0.39 is 0 Å². The SMILES string of the molecule is CCCNc1cc(NC(CC)C(C)C)nc(COCC)n1. The van der Waals surface area contributed by atoms with E-state index >= 15 is 0 Å². The van der Waals surface area contributed by atoms with E-state index in [1.54, 1.807) is 0 Å². The van der Waals surface area contributed by atoms with Crippen molar-refractivity contribution in [1.82, 2.24) is 9.97 Å². The zero-order chi connectivity index (χ0) is 15.7. The van der Waals surface area contributed by atoms with Gasteiger partial charge in [0.1, 0.15) is 18.2 Å². The molecule has 2 N–H and O–H groups in total. The number of nitrogens with zero attached hydrogens (tertiary/aromatic N) is 2. The molecule has 0 aliphatic carbocycles. The highest BCUT2D eigenvalue weighted by Gasteiger charge is 2.13. The number of anilines is 2. The number of rotatable bonds is 10. The second-order valence-electron chi connectivity index (χ2n) is 5.52. The summed E-state index contributed by atoms with van der Waals surface area (Å²) in [4.78, 5) is 9.06. The summed E-state index contributed by atoms with van der Waals surface area (Å²) in [5, 5.41) is 6.84. The molecule has 0 radical (unpaired) electrons. The molecule has 1 unspecified atom stereocenters. The lowest BCUT2D eigenvalue weighted by Gasteiger charge is -2.22. The number of ether oxygens (including phenoxy) is 1. The molecular formula is C16H30N4O. The Balaban J connectivity index is 2.88. The smallest absolute Gasteiger partial charge is 0.158 e. The van der Waals surface area contributed by atoms with Crippen molar-refractivity contribution in [3.05, 3.63) is 11.9 Å². The van der Waals surface area contributed by atoms with Gasteiger partial charge in [0, 0.05) is 25.3 Å². The Hall–Kier alpha value is -1.36. The van der Waals surface area contributed by atoms with E-state index in [-0.39, 0.29) is 0 Å². The van der Waals surface area contributed by atoms with Crippen molar-refractivity contribution in [3.63, 3.8) is 0 Å². The first-order valence-corrected chi connectivity index (χ1v) is 8.06. The largest absolute Gasteiger partial charge is 0.374 e. The first-order chi connectivity index (χ1) is 10.1. The van der Waals surface area contributed by atoms with E-state index in [1.807, 2.05) is 13.0 Å². The molecule has 0 saturated heterocycles. The molecule has 1 heterocycles. The molecule has 21 heavy (non-hydrogen) atoms.